The van der Waals surface area contributed by atoms with Gasteiger partial charge in [-0.05, 0) is 44.0 Å². The van der Waals surface area contributed by atoms with Gasteiger partial charge in [0.15, 0.2) is 0 Å². The molecule has 0 saturated heterocycles. The first-order valence-corrected chi connectivity index (χ1v) is 7.63. The standard InChI is InChI=1S/C16H17NO2S/c1-10-7-8-13(19-10)11(2)17-16(18)15-9-12-5-3-4-6-14(12)20-15/h3-8,11,15H,9H2,1-2H3,(H,17,18). The van der Waals surface area contributed by atoms with Crippen LogP contribution in [0.4, 0.5) is 0 Å². The maximum Gasteiger partial charge on any atom is 0.234 e. The van der Waals surface area contributed by atoms with Crippen molar-refractivity contribution < 1.29 is 9.21 Å². The van der Waals surface area contributed by atoms with E-state index >= 15 is 0 Å². The summed E-state index contributed by atoms with van der Waals surface area (Å²) in [5, 5.41) is 3.00. The Morgan fingerprint density at radius 1 is 1.35 bits per heavy atom. The molecule has 0 fully saturated rings. The number of thioether (sulfide) groups is 1. The van der Waals surface area contributed by atoms with Gasteiger partial charge in [-0.25, -0.2) is 0 Å². The summed E-state index contributed by atoms with van der Waals surface area (Å²) in [6.45, 7) is 3.85. The molecule has 0 bridgehead atoms. The lowest BCUT2D eigenvalue weighted by Gasteiger charge is -2.14. The number of amides is 1. The number of aryl methyl sites for hydroxylation is 1. The molecule has 2 atom stereocenters. The van der Waals surface area contributed by atoms with Crippen LogP contribution in [0.15, 0.2) is 45.7 Å². The van der Waals surface area contributed by atoms with Crippen LogP contribution in [0, 0.1) is 6.92 Å². The first kappa shape index (κ1) is 13.3. The molecule has 20 heavy (non-hydrogen) atoms. The van der Waals surface area contributed by atoms with Crippen LogP contribution >= 0.6 is 11.8 Å². The van der Waals surface area contributed by atoms with Crippen LogP contribution in [0.1, 0.15) is 30.0 Å². The van der Waals surface area contributed by atoms with Crippen molar-refractivity contribution >= 4 is 17.7 Å². The molecule has 3 nitrogen and oxygen atoms in total. The summed E-state index contributed by atoms with van der Waals surface area (Å²) in [5.41, 5.74) is 1.26. The normalized spacial score (nSPS) is 18.6. The maximum absolute atomic E-state index is 12.3. The molecule has 0 saturated carbocycles. The molecule has 1 aromatic carbocycles. The highest BCUT2D eigenvalue weighted by molar-refractivity contribution is 8.01. The van der Waals surface area contributed by atoms with E-state index < -0.39 is 0 Å². The van der Waals surface area contributed by atoms with E-state index in [9.17, 15) is 4.79 Å². The highest BCUT2D eigenvalue weighted by Crippen LogP contribution is 2.37. The van der Waals surface area contributed by atoms with E-state index in [1.807, 2.05) is 38.1 Å². The van der Waals surface area contributed by atoms with Gasteiger partial charge in [0.2, 0.25) is 5.91 Å². The van der Waals surface area contributed by atoms with Gasteiger partial charge in [0.25, 0.3) is 0 Å². The van der Waals surface area contributed by atoms with Crippen LogP contribution in [0.5, 0.6) is 0 Å². The van der Waals surface area contributed by atoms with Gasteiger partial charge in [0.1, 0.15) is 11.5 Å². The number of carbonyl (C=O) groups is 1. The second-order valence-corrected chi connectivity index (χ2v) is 6.34. The smallest absolute Gasteiger partial charge is 0.234 e. The Balaban J connectivity index is 1.64. The molecule has 1 N–H and O–H groups in total. The van der Waals surface area contributed by atoms with Crippen molar-refractivity contribution in [3.8, 4) is 0 Å². The van der Waals surface area contributed by atoms with Crippen molar-refractivity contribution in [3.05, 3.63) is 53.5 Å². The number of rotatable bonds is 3. The molecular weight excluding hydrogens is 270 g/mol. The molecule has 3 rings (SSSR count). The van der Waals surface area contributed by atoms with E-state index in [1.54, 1.807) is 11.8 Å². The average Bonchev–Trinajstić information content (AvgIpc) is 3.04. The molecule has 0 radical (unpaired) electrons. The molecule has 1 aliphatic rings. The molecule has 0 spiro atoms. The number of benzene rings is 1. The Kier molecular flexibility index (Phi) is 3.57. The lowest BCUT2D eigenvalue weighted by molar-refractivity contribution is -0.121. The molecule has 4 heteroatoms. The number of nitrogens with one attached hydrogen (secondary N) is 1. The Morgan fingerprint density at radius 3 is 2.85 bits per heavy atom. The van der Waals surface area contributed by atoms with Crippen molar-refractivity contribution in [3.63, 3.8) is 0 Å². The van der Waals surface area contributed by atoms with E-state index in [4.69, 9.17) is 4.42 Å². The number of fused-ring (bicyclic) bond motifs is 1. The largest absolute Gasteiger partial charge is 0.464 e. The fraction of sp³-hybridized carbons (Fsp3) is 0.312. The SMILES string of the molecule is Cc1ccc(C(C)NC(=O)C2Cc3ccccc3S2)o1. The fourth-order valence-corrected chi connectivity index (χ4v) is 3.60. The van der Waals surface area contributed by atoms with Gasteiger partial charge >= 0.3 is 0 Å². The van der Waals surface area contributed by atoms with Gasteiger partial charge in [0.05, 0.1) is 11.3 Å². The molecule has 2 heterocycles. The lowest BCUT2D eigenvalue weighted by atomic mass is 10.1. The third kappa shape index (κ3) is 2.61. The summed E-state index contributed by atoms with van der Waals surface area (Å²) >= 11 is 1.64. The number of hydrogen-bond acceptors (Lipinski definition) is 3. The van der Waals surface area contributed by atoms with Gasteiger partial charge in [-0.1, -0.05) is 18.2 Å². The van der Waals surface area contributed by atoms with E-state index in [2.05, 4.69) is 17.4 Å². The molecule has 2 unspecified atom stereocenters. The summed E-state index contributed by atoms with van der Waals surface area (Å²) < 4.78 is 5.55. The van der Waals surface area contributed by atoms with Crippen molar-refractivity contribution in [1.82, 2.24) is 5.32 Å². The van der Waals surface area contributed by atoms with E-state index in [1.165, 1.54) is 10.5 Å². The van der Waals surface area contributed by atoms with E-state index in [-0.39, 0.29) is 17.2 Å². The Morgan fingerprint density at radius 2 is 2.15 bits per heavy atom. The second kappa shape index (κ2) is 5.37. The van der Waals surface area contributed by atoms with Gasteiger partial charge in [0, 0.05) is 4.90 Å². The molecule has 1 aromatic heterocycles. The van der Waals surface area contributed by atoms with Gasteiger partial charge in [-0.15, -0.1) is 11.8 Å². The minimum absolute atomic E-state index is 0.0362. The number of hydrogen-bond donors (Lipinski definition) is 1. The zero-order valence-electron chi connectivity index (χ0n) is 11.6. The van der Waals surface area contributed by atoms with Crippen LogP contribution in [0.2, 0.25) is 0 Å². The van der Waals surface area contributed by atoms with Crippen molar-refractivity contribution in [1.29, 1.82) is 0 Å². The minimum Gasteiger partial charge on any atom is -0.464 e. The third-order valence-corrected chi connectivity index (χ3v) is 4.80. The predicted molar refractivity (Wildman–Crippen MR) is 79.8 cm³/mol. The predicted octanol–water partition coefficient (Wildman–Crippen LogP) is 3.48. The summed E-state index contributed by atoms with van der Waals surface area (Å²) in [6, 6.07) is 11.9. The highest BCUT2D eigenvalue weighted by atomic mass is 32.2. The van der Waals surface area contributed by atoms with Crippen LogP contribution in [0.3, 0.4) is 0 Å². The quantitative estimate of drug-likeness (QED) is 0.939. The number of carbonyl (C=O) groups excluding carboxylic acids is 1. The summed E-state index contributed by atoms with van der Waals surface area (Å²) in [5.74, 6) is 1.74. The summed E-state index contributed by atoms with van der Waals surface area (Å²) in [4.78, 5) is 13.5. The Bertz CT molecular complexity index is 610. The molecule has 104 valence electrons. The zero-order chi connectivity index (χ0) is 14.1. The number of furan rings is 1. The summed E-state index contributed by atoms with van der Waals surface area (Å²) in [6.07, 6.45) is 0.802. The van der Waals surface area contributed by atoms with Crippen molar-refractivity contribution in [2.75, 3.05) is 0 Å². The van der Waals surface area contributed by atoms with E-state index in [0.717, 1.165) is 17.9 Å². The van der Waals surface area contributed by atoms with Crippen molar-refractivity contribution in [2.45, 2.75) is 36.5 Å². The first-order chi connectivity index (χ1) is 9.63. The second-order valence-electron chi connectivity index (χ2n) is 5.10. The van der Waals surface area contributed by atoms with Crippen LogP contribution in [0.25, 0.3) is 0 Å². The molecule has 2 aromatic rings. The van der Waals surface area contributed by atoms with Gasteiger partial charge in [-0.2, -0.15) is 0 Å². The zero-order valence-corrected chi connectivity index (χ0v) is 12.4. The average molecular weight is 287 g/mol. The first-order valence-electron chi connectivity index (χ1n) is 6.75. The van der Waals surface area contributed by atoms with Crippen LogP contribution in [-0.4, -0.2) is 11.2 Å². The summed E-state index contributed by atoms with van der Waals surface area (Å²) in [7, 11) is 0. The van der Waals surface area contributed by atoms with E-state index in [0.29, 0.717) is 0 Å². The highest BCUT2D eigenvalue weighted by Gasteiger charge is 2.29. The van der Waals surface area contributed by atoms with Crippen LogP contribution in [-0.2, 0) is 11.2 Å². The molecule has 1 aliphatic heterocycles. The Hall–Kier alpha value is -1.68. The fourth-order valence-electron chi connectivity index (χ4n) is 2.39. The molecule has 0 aliphatic carbocycles. The maximum atomic E-state index is 12.3. The topological polar surface area (TPSA) is 42.2 Å². The lowest BCUT2D eigenvalue weighted by Crippen LogP contribution is -2.34. The third-order valence-electron chi connectivity index (χ3n) is 3.49. The Labute approximate surface area is 122 Å². The minimum atomic E-state index is -0.0967. The van der Waals surface area contributed by atoms with Crippen molar-refractivity contribution in [2.24, 2.45) is 0 Å². The van der Waals surface area contributed by atoms with Crippen LogP contribution < -0.4 is 5.32 Å². The molecule has 1 amide bonds. The van der Waals surface area contributed by atoms with Gasteiger partial charge in [-0.3, -0.25) is 4.79 Å². The van der Waals surface area contributed by atoms with Gasteiger partial charge < -0.3 is 9.73 Å². The monoisotopic (exact) mass is 287 g/mol. The molecular formula is C16H17NO2S.